The van der Waals surface area contributed by atoms with Crippen LogP contribution in [0.15, 0.2) is 35.5 Å². The Morgan fingerprint density at radius 2 is 1.96 bits per heavy atom. The number of carbonyl (C=O) groups is 2. The Morgan fingerprint density at radius 3 is 2.57 bits per heavy atom. The standard InChI is InChI=1S/C14H14ClFN2O5/c1-8(13(19)21-2)7-23-11-6-9(16)4-5-10(11)17-18-12(15)14(20)22-3/h4-6,17H,1,7H2,2-3H3/b18-12-. The second-order valence-electron chi connectivity index (χ2n) is 4.03. The molecule has 0 aromatic heterocycles. The molecule has 1 aromatic rings. The smallest absolute Gasteiger partial charge is 0.370 e. The third-order valence-electron chi connectivity index (χ3n) is 2.45. The van der Waals surface area contributed by atoms with Crippen molar-refractivity contribution < 1.29 is 28.2 Å². The fourth-order valence-corrected chi connectivity index (χ4v) is 1.43. The van der Waals surface area contributed by atoms with E-state index in [2.05, 4.69) is 26.6 Å². The van der Waals surface area contributed by atoms with Gasteiger partial charge in [0.1, 0.15) is 18.2 Å². The van der Waals surface area contributed by atoms with Crippen LogP contribution < -0.4 is 10.2 Å². The van der Waals surface area contributed by atoms with Gasteiger partial charge in [0.2, 0.25) is 5.17 Å². The van der Waals surface area contributed by atoms with Crippen LogP contribution >= 0.6 is 11.6 Å². The molecule has 1 N–H and O–H groups in total. The first kappa shape index (κ1) is 18.4. The average molecular weight is 345 g/mol. The number of nitrogens with zero attached hydrogens (tertiary/aromatic N) is 1. The number of hydrazone groups is 1. The molecular weight excluding hydrogens is 331 g/mol. The number of hydrogen-bond donors (Lipinski definition) is 1. The van der Waals surface area contributed by atoms with Gasteiger partial charge in [0.05, 0.1) is 25.5 Å². The first-order valence-corrected chi connectivity index (χ1v) is 6.52. The van der Waals surface area contributed by atoms with E-state index in [1.165, 1.54) is 13.2 Å². The molecule has 9 heteroatoms. The highest BCUT2D eigenvalue weighted by atomic mass is 35.5. The van der Waals surface area contributed by atoms with Gasteiger partial charge in [-0.3, -0.25) is 5.43 Å². The lowest BCUT2D eigenvalue weighted by atomic mass is 10.3. The molecular formula is C14H14ClFN2O5. The zero-order chi connectivity index (χ0) is 17.4. The van der Waals surface area contributed by atoms with E-state index in [1.54, 1.807) is 0 Å². The highest BCUT2D eigenvalue weighted by Gasteiger charge is 2.12. The van der Waals surface area contributed by atoms with Crippen molar-refractivity contribution in [3.05, 3.63) is 36.2 Å². The lowest BCUT2D eigenvalue weighted by molar-refractivity contribution is -0.136. The summed E-state index contributed by atoms with van der Waals surface area (Å²) in [6, 6.07) is 3.52. The van der Waals surface area contributed by atoms with E-state index < -0.39 is 22.9 Å². The lowest BCUT2D eigenvalue weighted by Gasteiger charge is -2.11. The predicted octanol–water partition coefficient (Wildman–Crippen LogP) is 2.07. The van der Waals surface area contributed by atoms with Gasteiger partial charge in [-0.2, -0.15) is 5.10 Å². The van der Waals surface area contributed by atoms with Crippen LogP contribution in [0.3, 0.4) is 0 Å². The number of esters is 2. The molecule has 0 bridgehead atoms. The van der Waals surface area contributed by atoms with Crippen molar-refractivity contribution >= 4 is 34.4 Å². The van der Waals surface area contributed by atoms with E-state index in [9.17, 15) is 14.0 Å². The first-order chi connectivity index (χ1) is 10.9. The summed E-state index contributed by atoms with van der Waals surface area (Å²) in [4.78, 5) is 22.3. The number of ether oxygens (including phenoxy) is 3. The number of halogens is 2. The summed E-state index contributed by atoms with van der Waals surface area (Å²) < 4.78 is 27.5. The highest BCUT2D eigenvalue weighted by molar-refractivity contribution is 6.82. The van der Waals surface area contributed by atoms with Crippen molar-refractivity contribution in [2.24, 2.45) is 5.10 Å². The van der Waals surface area contributed by atoms with Crippen LogP contribution in [-0.2, 0) is 19.1 Å². The molecule has 0 aliphatic carbocycles. The first-order valence-electron chi connectivity index (χ1n) is 6.15. The molecule has 0 aliphatic rings. The van der Waals surface area contributed by atoms with Crippen LogP contribution in [-0.4, -0.2) is 37.9 Å². The maximum absolute atomic E-state index is 13.3. The van der Waals surface area contributed by atoms with Gasteiger partial charge in [0, 0.05) is 6.07 Å². The fraction of sp³-hybridized carbons (Fsp3) is 0.214. The number of benzene rings is 1. The second kappa shape index (κ2) is 8.74. The lowest BCUT2D eigenvalue weighted by Crippen LogP contribution is -2.13. The summed E-state index contributed by atoms with van der Waals surface area (Å²) in [7, 11) is 2.34. The van der Waals surface area contributed by atoms with Crippen LogP contribution in [0.4, 0.5) is 10.1 Å². The number of methoxy groups -OCH3 is 2. The average Bonchev–Trinajstić information content (AvgIpc) is 2.56. The molecule has 7 nitrogen and oxygen atoms in total. The summed E-state index contributed by atoms with van der Waals surface area (Å²) in [6.07, 6.45) is 0. The minimum Gasteiger partial charge on any atom is -0.486 e. The molecule has 23 heavy (non-hydrogen) atoms. The van der Waals surface area contributed by atoms with Gasteiger partial charge < -0.3 is 14.2 Å². The number of carbonyl (C=O) groups excluding carboxylic acids is 2. The van der Waals surface area contributed by atoms with Gasteiger partial charge in [0.25, 0.3) is 0 Å². The summed E-state index contributed by atoms with van der Waals surface area (Å²) in [5, 5.41) is 3.12. The van der Waals surface area contributed by atoms with Crippen molar-refractivity contribution in [2.45, 2.75) is 0 Å². The molecule has 0 saturated carbocycles. The summed E-state index contributed by atoms with van der Waals surface area (Å²) in [6.45, 7) is 3.25. The minimum atomic E-state index is -0.845. The molecule has 124 valence electrons. The van der Waals surface area contributed by atoms with Crippen molar-refractivity contribution in [3.8, 4) is 5.75 Å². The molecule has 0 unspecified atom stereocenters. The monoisotopic (exact) mass is 344 g/mol. The minimum absolute atomic E-state index is 0.0353. The van der Waals surface area contributed by atoms with Gasteiger partial charge in [-0.15, -0.1) is 0 Å². The Kier molecular flexibility index (Phi) is 7.01. The van der Waals surface area contributed by atoms with E-state index >= 15 is 0 Å². The fourth-order valence-electron chi connectivity index (χ4n) is 1.32. The summed E-state index contributed by atoms with van der Waals surface area (Å²) in [5.41, 5.74) is 2.69. The topological polar surface area (TPSA) is 86.2 Å². The van der Waals surface area contributed by atoms with E-state index in [4.69, 9.17) is 16.3 Å². The molecule has 1 rings (SSSR count). The molecule has 1 aromatic carbocycles. The van der Waals surface area contributed by atoms with Crippen LogP contribution in [0.25, 0.3) is 0 Å². The second-order valence-corrected chi connectivity index (χ2v) is 4.39. The number of nitrogens with one attached hydrogen (secondary N) is 1. The van der Waals surface area contributed by atoms with Crippen LogP contribution in [0, 0.1) is 5.82 Å². The SMILES string of the molecule is C=C(COc1cc(F)ccc1N/N=C(\Cl)C(=O)OC)C(=O)OC. The Hall–Kier alpha value is -2.61. The van der Waals surface area contributed by atoms with Crippen molar-refractivity contribution in [2.75, 3.05) is 26.3 Å². The van der Waals surface area contributed by atoms with Crippen LogP contribution in [0.5, 0.6) is 5.75 Å². The van der Waals surface area contributed by atoms with Crippen molar-refractivity contribution in [3.63, 3.8) is 0 Å². The van der Waals surface area contributed by atoms with E-state index in [1.807, 2.05) is 0 Å². The molecule has 0 spiro atoms. The molecule has 0 radical (unpaired) electrons. The van der Waals surface area contributed by atoms with Gasteiger partial charge in [-0.05, 0) is 12.1 Å². The maximum atomic E-state index is 13.3. The molecule has 0 fully saturated rings. The van der Waals surface area contributed by atoms with Gasteiger partial charge in [-0.1, -0.05) is 18.2 Å². The van der Waals surface area contributed by atoms with E-state index in [0.717, 1.165) is 19.2 Å². The number of hydrogen-bond acceptors (Lipinski definition) is 7. The van der Waals surface area contributed by atoms with Crippen LogP contribution in [0.2, 0.25) is 0 Å². The van der Waals surface area contributed by atoms with E-state index in [0.29, 0.717) is 0 Å². The molecule has 0 aliphatic heterocycles. The zero-order valence-electron chi connectivity index (χ0n) is 12.4. The molecule has 0 saturated heterocycles. The van der Waals surface area contributed by atoms with Crippen LogP contribution in [0.1, 0.15) is 0 Å². The summed E-state index contributed by atoms with van der Waals surface area (Å²) >= 11 is 5.58. The van der Waals surface area contributed by atoms with Gasteiger partial charge in [0.15, 0.2) is 0 Å². The number of rotatable bonds is 7. The molecule has 0 atom stereocenters. The molecule has 0 amide bonds. The Morgan fingerprint density at radius 1 is 1.30 bits per heavy atom. The van der Waals surface area contributed by atoms with Gasteiger partial charge >= 0.3 is 11.9 Å². The van der Waals surface area contributed by atoms with E-state index in [-0.39, 0.29) is 23.6 Å². The maximum Gasteiger partial charge on any atom is 0.370 e. The Labute approximate surface area is 136 Å². The zero-order valence-corrected chi connectivity index (χ0v) is 13.1. The highest BCUT2D eigenvalue weighted by Crippen LogP contribution is 2.26. The molecule has 0 heterocycles. The third kappa shape index (κ3) is 5.59. The Balaban J connectivity index is 2.87. The predicted molar refractivity (Wildman–Crippen MR) is 82.0 cm³/mol. The largest absolute Gasteiger partial charge is 0.486 e. The van der Waals surface area contributed by atoms with Crippen molar-refractivity contribution in [1.82, 2.24) is 0 Å². The Bertz CT molecular complexity index is 648. The quantitative estimate of drug-likeness (QED) is 0.353. The van der Waals surface area contributed by atoms with Crippen molar-refractivity contribution in [1.29, 1.82) is 0 Å². The summed E-state index contributed by atoms with van der Waals surface area (Å²) in [5.74, 6) is -2.03. The normalized spacial score (nSPS) is 10.7. The van der Waals surface area contributed by atoms with Gasteiger partial charge in [-0.25, -0.2) is 14.0 Å². The third-order valence-corrected chi connectivity index (χ3v) is 2.69. The number of anilines is 1.